The van der Waals surface area contributed by atoms with Gasteiger partial charge in [0.05, 0.1) is 5.56 Å². The second-order valence-electron chi connectivity index (χ2n) is 2.73. The third-order valence-corrected chi connectivity index (χ3v) is 1.47. The molecule has 0 saturated heterocycles. The molecule has 0 bridgehead atoms. The summed E-state index contributed by atoms with van der Waals surface area (Å²) in [6, 6.07) is 0. The third kappa shape index (κ3) is 1.84. The van der Waals surface area contributed by atoms with Gasteiger partial charge in [0.25, 0.3) is 5.91 Å². The topological polar surface area (TPSA) is 98.1 Å². The van der Waals surface area contributed by atoms with Crippen molar-refractivity contribution in [3.63, 3.8) is 0 Å². The zero-order valence-corrected chi connectivity index (χ0v) is 7.48. The molecule has 1 rings (SSSR count). The normalized spacial score (nSPS) is 9.69. The molecule has 1 heterocycles. The molecule has 0 aromatic carbocycles. The molecule has 0 saturated carbocycles. The third-order valence-electron chi connectivity index (χ3n) is 1.47. The zero-order valence-electron chi connectivity index (χ0n) is 7.48. The van der Waals surface area contributed by atoms with Crippen LogP contribution in [0.4, 0.5) is 11.8 Å². The van der Waals surface area contributed by atoms with E-state index in [9.17, 15) is 4.79 Å². The van der Waals surface area contributed by atoms with E-state index in [0.29, 0.717) is 5.95 Å². The van der Waals surface area contributed by atoms with Gasteiger partial charge >= 0.3 is 0 Å². The van der Waals surface area contributed by atoms with E-state index in [-0.39, 0.29) is 11.4 Å². The van der Waals surface area contributed by atoms with Crippen molar-refractivity contribution < 1.29 is 4.79 Å². The minimum absolute atomic E-state index is 0.103. The fraction of sp³-hybridized carbons (Fsp3) is 0.286. The Labute approximate surface area is 75.6 Å². The molecule has 1 aromatic rings. The molecular weight excluding hydrogens is 170 g/mol. The Morgan fingerprint density at radius 2 is 2.15 bits per heavy atom. The number of amides is 1. The van der Waals surface area contributed by atoms with Crippen LogP contribution < -0.4 is 16.4 Å². The van der Waals surface area contributed by atoms with E-state index in [4.69, 9.17) is 11.5 Å². The average Bonchev–Trinajstić information content (AvgIpc) is 2.03. The fourth-order valence-electron chi connectivity index (χ4n) is 0.791. The van der Waals surface area contributed by atoms with E-state index < -0.39 is 5.91 Å². The van der Waals surface area contributed by atoms with Gasteiger partial charge in [0.15, 0.2) is 0 Å². The van der Waals surface area contributed by atoms with E-state index in [0.717, 1.165) is 0 Å². The highest BCUT2D eigenvalue weighted by atomic mass is 16.1. The first-order valence-corrected chi connectivity index (χ1v) is 3.62. The number of rotatable bonds is 2. The largest absolute Gasteiger partial charge is 0.383 e. The molecule has 13 heavy (non-hydrogen) atoms. The Kier molecular flexibility index (Phi) is 2.32. The number of nitrogens with zero attached hydrogens (tertiary/aromatic N) is 3. The number of nitrogen functional groups attached to an aromatic ring is 1. The predicted molar refractivity (Wildman–Crippen MR) is 49.3 cm³/mol. The summed E-state index contributed by atoms with van der Waals surface area (Å²) in [5.74, 6) is -0.0727. The lowest BCUT2D eigenvalue weighted by molar-refractivity contribution is 0.100. The summed E-state index contributed by atoms with van der Waals surface area (Å²) in [6.45, 7) is 0. The van der Waals surface area contributed by atoms with Gasteiger partial charge in [-0.15, -0.1) is 0 Å². The second kappa shape index (κ2) is 3.26. The standard InChI is InChI=1S/C7H11N5O/c1-12(2)7-10-3-4(6(9)13)5(8)11-7/h3H,1-2H3,(H2,9,13)(H2,8,10,11). The van der Waals surface area contributed by atoms with Crippen molar-refractivity contribution in [1.29, 1.82) is 0 Å². The Morgan fingerprint density at radius 1 is 1.54 bits per heavy atom. The Morgan fingerprint density at radius 3 is 2.54 bits per heavy atom. The highest BCUT2D eigenvalue weighted by Crippen LogP contribution is 2.10. The van der Waals surface area contributed by atoms with Crippen molar-refractivity contribution in [2.75, 3.05) is 24.7 Å². The van der Waals surface area contributed by atoms with Gasteiger partial charge in [-0.1, -0.05) is 0 Å². The first-order valence-electron chi connectivity index (χ1n) is 3.62. The van der Waals surface area contributed by atoms with E-state index in [1.54, 1.807) is 19.0 Å². The summed E-state index contributed by atoms with van der Waals surface area (Å²) in [5.41, 5.74) is 10.7. The van der Waals surface area contributed by atoms with Crippen LogP contribution in [0.5, 0.6) is 0 Å². The van der Waals surface area contributed by atoms with Crippen LogP contribution in [-0.4, -0.2) is 30.0 Å². The second-order valence-corrected chi connectivity index (χ2v) is 2.73. The Bertz CT molecular complexity index is 336. The van der Waals surface area contributed by atoms with E-state index in [2.05, 4.69) is 9.97 Å². The average molecular weight is 181 g/mol. The number of nitrogens with two attached hydrogens (primary N) is 2. The maximum atomic E-state index is 10.8. The summed E-state index contributed by atoms with van der Waals surface area (Å²) in [6.07, 6.45) is 1.32. The molecule has 4 N–H and O–H groups in total. The Balaban J connectivity index is 3.13. The smallest absolute Gasteiger partial charge is 0.254 e. The van der Waals surface area contributed by atoms with Crippen LogP contribution >= 0.6 is 0 Å². The highest BCUT2D eigenvalue weighted by molar-refractivity contribution is 5.96. The van der Waals surface area contributed by atoms with Crippen molar-refractivity contribution in [3.05, 3.63) is 11.8 Å². The lowest BCUT2D eigenvalue weighted by Crippen LogP contribution is -2.18. The molecule has 70 valence electrons. The first-order chi connectivity index (χ1) is 6.02. The molecule has 0 aliphatic rings. The SMILES string of the molecule is CN(C)c1ncc(C(N)=O)c(N)n1. The van der Waals surface area contributed by atoms with Crippen LogP contribution in [0, 0.1) is 0 Å². The van der Waals surface area contributed by atoms with Gasteiger partial charge in [0.1, 0.15) is 5.82 Å². The molecule has 1 aromatic heterocycles. The van der Waals surface area contributed by atoms with Gasteiger partial charge in [-0.3, -0.25) is 4.79 Å². The molecule has 0 spiro atoms. The zero-order chi connectivity index (χ0) is 10.0. The van der Waals surface area contributed by atoms with Crippen LogP contribution in [0.1, 0.15) is 10.4 Å². The summed E-state index contributed by atoms with van der Waals surface area (Å²) in [7, 11) is 3.55. The number of hydrogen-bond acceptors (Lipinski definition) is 5. The van der Waals surface area contributed by atoms with Gasteiger partial charge in [-0.2, -0.15) is 4.98 Å². The van der Waals surface area contributed by atoms with Gasteiger partial charge < -0.3 is 16.4 Å². The minimum atomic E-state index is -0.622. The molecule has 0 radical (unpaired) electrons. The van der Waals surface area contributed by atoms with E-state index in [1.165, 1.54) is 6.20 Å². The van der Waals surface area contributed by atoms with Crippen molar-refractivity contribution in [1.82, 2.24) is 9.97 Å². The van der Waals surface area contributed by atoms with Gasteiger partial charge in [0.2, 0.25) is 5.95 Å². The molecule has 0 atom stereocenters. The summed E-state index contributed by atoms with van der Waals surface area (Å²) >= 11 is 0. The molecule has 1 amide bonds. The summed E-state index contributed by atoms with van der Waals surface area (Å²) in [5, 5.41) is 0. The van der Waals surface area contributed by atoms with Crippen LogP contribution in [0.3, 0.4) is 0 Å². The van der Waals surface area contributed by atoms with Crippen molar-refractivity contribution in [2.24, 2.45) is 5.73 Å². The van der Waals surface area contributed by atoms with Crippen molar-refractivity contribution in [3.8, 4) is 0 Å². The van der Waals surface area contributed by atoms with Crippen molar-refractivity contribution in [2.45, 2.75) is 0 Å². The fourth-order valence-corrected chi connectivity index (χ4v) is 0.791. The molecule has 0 aliphatic heterocycles. The maximum Gasteiger partial charge on any atom is 0.254 e. The molecule has 0 aliphatic carbocycles. The number of aromatic nitrogens is 2. The van der Waals surface area contributed by atoms with Crippen molar-refractivity contribution >= 4 is 17.7 Å². The number of hydrogen-bond donors (Lipinski definition) is 2. The molecule has 6 nitrogen and oxygen atoms in total. The predicted octanol–water partition coefficient (Wildman–Crippen LogP) is -0.776. The summed E-state index contributed by atoms with van der Waals surface area (Å²) < 4.78 is 0. The van der Waals surface area contributed by atoms with Crippen LogP contribution in [0.25, 0.3) is 0 Å². The van der Waals surface area contributed by atoms with Gasteiger partial charge in [0, 0.05) is 20.3 Å². The quantitative estimate of drug-likeness (QED) is 0.623. The lowest BCUT2D eigenvalue weighted by Gasteiger charge is -2.10. The molecular formula is C7H11N5O. The number of anilines is 2. The maximum absolute atomic E-state index is 10.8. The Hall–Kier alpha value is -1.85. The molecule has 0 unspecified atom stereocenters. The summed E-state index contributed by atoms with van der Waals surface area (Å²) in [4.78, 5) is 20.2. The number of carbonyl (C=O) groups is 1. The molecule has 6 heteroatoms. The van der Waals surface area contributed by atoms with Crippen LogP contribution in [0.2, 0.25) is 0 Å². The van der Waals surface area contributed by atoms with Crippen LogP contribution in [-0.2, 0) is 0 Å². The number of primary amides is 1. The lowest BCUT2D eigenvalue weighted by atomic mass is 10.3. The van der Waals surface area contributed by atoms with E-state index in [1.807, 2.05) is 0 Å². The van der Waals surface area contributed by atoms with E-state index >= 15 is 0 Å². The van der Waals surface area contributed by atoms with Gasteiger partial charge in [-0.05, 0) is 0 Å². The van der Waals surface area contributed by atoms with Gasteiger partial charge in [-0.25, -0.2) is 4.98 Å². The highest BCUT2D eigenvalue weighted by Gasteiger charge is 2.09. The molecule has 0 fully saturated rings. The monoisotopic (exact) mass is 181 g/mol. The van der Waals surface area contributed by atoms with Crippen LogP contribution in [0.15, 0.2) is 6.20 Å². The minimum Gasteiger partial charge on any atom is -0.383 e. The first kappa shape index (κ1) is 9.24. The number of carbonyl (C=O) groups excluding carboxylic acids is 1.